The van der Waals surface area contributed by atoms with E-state index in [0.717, 1.165) is 41.6 Å². The van der Waals surface area contributed by atoms with Crippen molar-refractivity contribution in [2.75, 3.05) is 13.2 Å². The lowest BCUT2D eigenvalue weighted by Gasteiger charge is -2.55. The standard InChI is InChI=1S/C32H46N3O4P/c1-4-38-40(37,39-5-2)14-13-30-32(36)35(31-12-7-6-11-29(31)33-30)28-20-25-9-8-10-26(21-28)34(25)27-18-23-15-22(3)16-24(17-23)19-27/h6-7,11-14,22-28H,4-5,8-10,15-21H2,1-3H3/b14-13+/t22-,23-,24+,25-,26+,27+,28+. The van der Waals surface area contributed by atoms with Crippen molar-refractivity contribution < 1.29 is 13.6 Å². The van der Waals surface area contributed by atoms with Crippen LogP contribution in [0.3, 0.4) is 0 Å². The van der Waals surface area contributed by atoms with Crippen LogP contribution in [0.25, 0.3) is 17.1 Å². The van der Waals surface area contributed by atoms with Crippen molar-refractivity contribution in [1.29, 1.82) is 0 Å². The van der Waals surface area contributed by atoms with Gasteiger partial charge in [-0.1, -0.05) is 25.5 Å². The topological polar surface area (TPSA) is 73.7 Å². The van der Waals surface area contributed by atoms with E-state index in [4.69, 9.17) is 9.05 Å². The van der Waals surface area contributed by atoms with Crippen LogP contribution >= 0.6 is 7.60 Å². The van der Waals surface area contributed by atoms with Gasteiger partial charge in [0.1, 0.15) is 5.69 Å². The van der Waals surface area contributed by atoms with Crippen LogP contribution in [0.5, 0.6) is 0 Å². The average molecular weight is 568 g/mol. The zero-order valence-electron chi connectivity index (χ0n) is 24.4. The molecule has 4 fully saturated rings. The molecule has 2 saturated carbocycles. The SMILES string of the molecule is CCOP(=O)(/C=C/c1nc2ccccc2n([C@H]2C[C@H]3CCC[C@@H](C2)N3[C@H]2C[C@@H]3C[C@@H](C)C[C@@H](C3)C2)c1=O)OCC. The van der Waals surface area contributed by atoms with Crippen LogP contribution in [-0.2, 0) is 13.6 Å². The number of fused-ring (bicyclic) bond motifs is 5. The van der Waals surface area contributed by atoms with Crippen molar-refractivity contribution in [3.63, 3.8) is 0 Å². The van der Waals surface area contributed by atoms with Crippen molar-refractivity contribution in [2.45, 2.75) is 109 Å². The molecule has 2 aromatic rings. The second-order valence-electron chi connectivity index (χ2n) is 12.8. The summed E-state index contributed by atoms with van der Waals surface area (Å²) in [6, 6.07) is 9.85. The number of rotatable bonds is 8. The minimum absolute atomic E-state index is 0.118. The number of para-hydroxylation sites is 2. The monoisotopic (exact) mass is 567 g/mol. The molecule has 2 saturated heterocycles. The molecule has 218 valence electrons. The Balaban J connectivity index is 1.31. The van der Waals surface area contributed by atoms with Crippen molar-refractivity contribution in [3.05, 3.63) is 46.1 Å². The van der Waals surface area contributed by atoms with Gasteiger partial charge in [0.25, 0.3) is 5.56 Å². The summed E-state index contributed by atoms with van der Waals surface area (Å²) in [6.07, 6.45) is 14.3. The van der Waals surface area contributed by atoms with Gasteiger partial charge >= 0.3 is 7.60 Å². The Morgan fingerprint density at radius 1 is 0.900 bits per heavy atom. The van der Waals surface area contributed by atoms with E-state index in [2.05, 4.69) is 16.8 Å². The van der Waals surface area contributed by atoms with E-state index in [0.29, 0.717) is 23.8 Å². The first-order valence-corrected chi connectivity index (χ1v) is 17.3. The van der Waals surface area contributed by atoms with Gasteiger partial charge in [0.05, 0.1) is 24.2 Å². The molecular weight excluding hydrogens is 521 g/mol. The Hall–Kier alpha value is -1.79. The van der Waals surface area contributed by atoms with Gasteiger partial charge in [0, 0.05) is 30.0 Å². The highest BCUT2D eigenvalue weighted by Gasteiger charge is 2.46. The highest BCUT2D eigenvalue weighted by molar-refractivity contribution is 7.57. The molecule has 7 nitrogen and oxygen atoms in total. The summed E-state index contributed by atoms with van der Waals surface area (Å²) < 4.78 is 25.9. The van der Waals surface area contributed by atoms with E-state index < -0.39 is 7.60 Å². The predicted octanol–water partition coefficient (Wildman–Crippen LogP) is 7.41. The molecule has 3 heterocycles. The van der Waals surface area contributed by atoms with Crippen LogP contribution in [0.15, 0.2) is 34.9 Å². The normalized spacial score (nSPS) is 33.0. The second-order valence-corrected chi connectivity index (χ2v) is 14.7. The quantitative estimate of drug-likeness (QED) is 0.309. The summed E-state index contributed by atoms with van der Waals surface area (Å²) in [6.45, 7) is 6.54. The van der Waals surface area contributed by atoms with Gasteiger partial charge in [-0.2, -0.15) is 0 Å². The Morgan fingerprint density at radius 3 is 2.20 bits per heavy atom. The molecule has 0 radical (unpaired) electrons. The third kappa shape index (κ3) is 5.64. The number of nitrogens with zero attached hydrogens (tertiary/aromatic N) is 3. The van der Waals surface area contributed by atoms with Gasteiger partial charge in [-0.05, 0) is 108 Å². The summed E-state index contributed by atoms with van der Waals surface area (Å²) in [5, 5.41) is 0. The summed E-state index contributed by atoms with van der Waals surface area (Å²) in [5.74, 6) is 4.09. The predicted molar refractivity (Wildman–Crippen MR) is 160 cm³/mol. The van der Waals surface area contributed by atoms with Gasteiger partial charge < -0.3 is 13.6 Å². The Bertz CT molecular complexity index is 1300. The third-order valence-electron chi connectivity index (χ3n) is 10.00. The fraction of sp³-hybridized carbons (Fsp3) is 0.688. The zero-order chi connectivity index (χ0) is 27.9. The summed E-state index contributed by atoms with van der Waals surface area (Å²) in [7, 11) is -3.44. The fourth-order valence-corrected chi connectivity index (χ4v) is 10.2. The van der Waals surface area contributed by atoms with E-state index in [-0.39, 0.29) is 24.8 Å². The lowest BCUT2D eigenvalue weighted by Crippen LogP contribution is -2.58. The van der Waals surface area contributed by atoms with Crippen LogP contribution in [0.1, 0.15) is 96.7 Å². The highest BCUT2D eigenvalue weighted by Crippen LogP contribution is 2.50. The van der Waals surface area contributed by atoms with E-state index >= 15 is 0 Å². The van der Waals surface area contributed by atoms with Crippen LogP contribution in [0.4, 0.5) is 0 Å². The van der Waals surface area contributed by atoms with Gasteiger partial charge in [-0.25, -0.2) is 4.98 Å². The van der Waals surface area contributed by atoms with Crippen molar-refractivity contribution in [3.8, 4) is 0 Å². The van der Waals surface area contributed by atoms with Crippen LogP contribution < -0.4 is 5.56 Å². The number of benzene rings is 1. The first-order chi connectivity index (χ1) is 19.4. The van der Waals surface area contributed by atoms with Crippen molar-refractivity contribution >= 4 is 24.7 Å². The largest absolute Gasteiger partial charge is 0.354 e. The first kappa shape index (κ1) is 28.3. The molecule has 2 aliphatic carbocycles. The summed E-state index contributed by atoms with van der Waals surface area (Å²) in [4.78, 5) is 21.7. The van der Waals surface area contributed by atoms with Crippen molar-refractivity contribution in [1.82, 2.24) is 14.5 Å². The highest BCUT2D eigenvalue weighted by atomic mass is 31.2. The van der Waals surface area contributed by atoms with Gasteiger partial charge in [-0.15, -0.1) is 0 Å². The molecule has 40 heavy (non-hydrogen) atoms. The maximum atomic E-state index is 14.0. The summed E-state index contributed by atoms with van der Waals surface area (Å²) >= 11 is 0. The van der Waals surface area contributed by atoms with Crippen LogP contribution in [0, 0.1) is 17.8 Å². The van der Waals surface area contributed by atoms with E-state index in [9.17, 15) is 9.36 Å². The minimum Gasteiger partial charge on any atom is -0.306 e. The lowest BCUT2D eigenvalue weighted by molar-refractivity contribution is -0.0524. The first-order valence-electron chi connectivity index (χ1n) is 15.7. The van der Waals surface area contributed by atoms with Crippen molar-refractivity contribution in [2.24, 2.45) is 17.8 Å². The van der Waals surface area contributed by atoms with Gasteiger partial charge in [0.2, 0.25) is 0 Å². The zero-order valence-corrected chi connectivity index (χ0v) is 25.3. The molecule has 1 aromatic carbocycles. The molecule has 0 N–H and O–H groups in total. The van der Waals surface area contributed by atoms with E-state index in [1.165, 1.54) is 57.2 Å². The Morgan fingerprint density at radius 2 is 1.55 bits per heavy atom. The molecule has 0 unspecified atom stereocenters. The molecule has 7 atom stereocenters. The van der Waals surface area contributed by atoms with E-state index in [1.807, 2.05) is 28.8 Å². The average Bonchev–Trinajstić information content (AvgIpc) is 2.91. The molecule has 6 rings (SSSR count). The molecule has 0 spiro atoms. The molecule has 1 aromatic heterocycles. The Kier molecular flexibility index (Phi) is 8.38. The number of aromatic nitrogens is 2. The maximum absolute atomic E-state index is 14.0. The molecule has 4 bridgehead atoms. The number of piperidine rings is 2. The lowest BCUT2D eigenvalue weighted by atomic mass is 9.65. The van der Waals surface area contributed by atoms with E-state index in [1.54, 1.807) is 19.9 Å². The third-order valence-corrected chi connectivity index (χ3v) is 11.7. The second kappa shape index (κ2) is 11.8. The fourth-order valence-electron chi connectivity index (χ4n) is 8.88. The number of hydrogen-bond acceptors (Lipinski definition) is 6. The Labute approximate surface area is 238 Å². The van der Waals surface area contributed by atoms with Crippen LogP contribution in [-0.4, -0.2) is 45.8 Å². The van der Waals surface area contributed by atoms with Gasteiger partial charge in [-0.3, -0.25) is 14.3 Å². The molecule has 0 amide bonds. The summed E-state index contributed by atoms with van der Waals surface area (Å²) in [5.41, 5.74) is 1.85. The van der Waals surface area contributed by atoms with Gasteiger partial charge in [0.15, 0.2) is 0 Å². The number of hydrogen-bond donors (Lipinski definition) is 0. The molecule has 8 heteroatoms. The smallest absolute Gasteiger partial charge is 0.306 e. The maximum Gasteiger partial charge on any atom is 0.354 e. The molecule has 4 aliphatic rings. The minimum atomic E-state index is -3.44. The van der Waals surface area contributed by atoms with Crippen LogP contribution in [0.2, 0.25) is 0 Å². The molecule has 2 aliphatic heterocycles. The molecular formula is C32H46N3O4P.